The summed E-state index contributed by atoms with van der Waals surface area (Å²) >= 11 is 0. The quantitative estimate of drug-likeness (QED) is 0.213. The molecule has 7 rings (SSSR count). The summed E-state index contributed by atoms with van der Waals surface area (Å²) in [6.07, 6.45) is 8.41. The van der Waals surface area contributed by atoms with Crippen LogP contribution >= 0.6 is 0 Å². The highest BCUT2D eigenvalue weighted by molar-refractivity contribution is 5.89. The first-order chi connectivity index (χ1) is 21.3. The zero-order valence-electron chi connectivity index (χ0n) is 25.2. The fourth-order valence-corrected chi connectivity index (χ4v) is 6.04. The number of hydrogen-bond donors (Lipinski definition) is 2. The summed E-state index contributed by atoms with van der Waals surface area (Å²) in [5.74, 6) is 1.61. The molecule has 5 aromatic rings. The molecule has 44 heavy (non-hydrogen) atoms. The van der Waals surface area contributed by atoms with Crippen LogP contribution in [-0.4, -0.2) is 26.2 Å². The van der Waals surface area contributed by atoms with E-state index >= 15 is 0 Å². The number of alkyl carbamates (subject to hydrolysis) is 1. The largest absolute Gasteiger partial charge is 0.444 e. The number of aromatic nitrogens is 3. The van der Waals surface area contributed by atoms with Crippen molar-refractivity contribution < 1.29 is 9.53 Å². The van der Waals surface area contributed by atoms with E-state index in [1.807, 2.05) is 57.2 Å². The minimum absolute atomic E-state index is 0.383. The first kappa shape index (κ1) is 27.7. The van der Waals surface area contributed by atoms with Gasteiger partial charge in [0.15, 0.2) is 5.82 Å². The van der Waals surface area contributed by atoms with Crippen LogP contribution in [0, 0.1) is 0 Å². The van der Waals surface area contributed by atoms with Gasteiger partial charge in [0.1, 0.15) is 11.4 Å². The SMILES string of the molecule is CC(C)(C)OC(=O)NC1(c2ccc(-c3c(C=Cc4ccccc4)nc4n3-c3cccnc3Nc3ccccc3-4)cc2)CCC1. The second kappa shape index (κ2) is 10.8. The molecule has 2 N–H and O–H groups in total. The number of para-hydroxylation sites is 1. The molecule has 0 unspecified atom stereocenters. The molecule has 1 fully saturated rings. The average molecular weight is 582 g/mol. The Labute approximate surface area is 257 Å². The zero-order chi connectivity index (χ0) is 30.3. The minimum Gasteiger partial charge on any atom is -0.444 e. The molecule has 7 heteroatoms. The summed E-state index contributed by atoms with van der Waals surface area (Å²) < 4.78 is 7.81. The number of hydrogen-bond acceptors (Lipinski definition) is 5. The van der Waals surface area contributed by atoms with Crippen LogP contribution in [0.1, 0.15) is 56.9 Å². The van der Waals surface area contributed by atoms with Gasteiger partial charge in [-0.2, -0.15) is 0 Å². The number of carbonyl (C=O) groups excluding carboxylic acids is 1. The lowest BCUT2D eigenvalue weighted by molar-refractivity contribution is 0.0377. The van der Waals surface area contributed by atoms with Crippen molar-refractivity contribution in [1.82, 2.24) is 19.9 Å². The molecular formula is C37H35N5O2. The van der Waals surface area contributed by atoms with Crippen LogP contribution in [-0.2, 0) is 10.3 Å². The molecular weight excluding hydrogens is 546 g/mol. The number of fused-ring (bicyclic) bond motifs is 5. The van der Waals surface area contributed by atoms with Gasteiger partial charge in [-0.25, -0.2) is 14.8 Å². The fourth-order valence-electron chi connectivity index (χ4n) is 6.04. The second-order valence-corrected chi connectivity index (χ2v) is 12.4. The van der Waals surface area contributed by atoms with E-state index in [0.717, 1.165) is 75.9 Å². The number of carbonyl (C=O) groups is 1. The summed E-state index contributed by atoms with van der Waals surface area (Å²) in [5.41, 5.74) is 6.90. The Balaban J connectivity index is 1.36. The summed E-state index contributed by atoms with van der Waals surface area (Å²) in [4.78, 5) is 22.7. The molecule has 0 saturated heterocycles. The fraction of sp³-hybridized carbons (Fsp3) is 0.216. The van der Waals surface area contributed by atoms with Crippen molar-refractivity contribution in [2.75, 3.05) is 5.32 Å². The van der Waals surface area contributed by atoms with Crippen LogP contribution in [0.5, 0.6) is 0 Å². The Morgan fingerprint density at radius 2 is 1.68 bits per heavy atom. The predicted octanol–water partition coefficient (Wildman–Crippen LogP) is 8.73. The average Bonchev–Trinajstić information content (AvgIpc) is 3.31. The van der Waals surface area contributed by atoms with Gasteiger partial charge in [-0.1, -0.05) is 72.8 Å². The number of ether oxygens (including phenoxy) is 1. The normalized spacial score (nSPS) is 14.8. The van der Waals surface area contributed by atoms with Crippen molar-refractivity contribution in [3.8, 4) is 28.3 Å². The van der Waals surface area contributed by atoms with Gasteiger partial charge in [0.2, 0.25) is 0 Å². The summed E-state index contributed by atoms with van der Waals surface area (Å²) in [6, 6.07) is 31.0. The molecule has 3 aromatic carbocycles. The first-order valence-corrected chi connectivity index (χ1v) is 15.1. The summed E-state index contributed by atoms with van der Waals surface area (Å²) in [6.45, 7) is 5.65. The van der Waals surface area contributed by atoms with Gasteiger partial charge in [0, 0.05) is 17.3 Å². The summed E-state index contributed by atoms with van der Waals surface area (Å²) in [7, 11) is 0. The molecule has 3 heterocycles. The van der Waals surface area contributed by atoms with Crippen LogP contribution in [0.2, 0.25) is 0 Å². The Kier molecular flexibility index (Phi) is 6.81. The lowest BCUT2D eigenvalue weighted by atomic mass is 9.71. The molecule has 0 spiro atoms. The van der Waals surface area contributed by atoms with Crippen molar-refractivity contribution in [2.24, 2.45) is 0 Å². The van der Waals surface area contributed by atoms with Crippen molar-refractivity contribution in [1.29, 1.82) is 0 Å². The third-order valence-corrected chi connectivity index (χ3v) is 8.24. The zero-order valence-corrected chi connectivity index (χ0v) is 25.2. The van der Waals surface area contributed by atoms with E-state index in [4.69, 9.17) is 14.7 Å². The molecule has 1 amide bonds. The van der Waals surface area contributed by atoms with Gasteiger partial charge in [-0.15, -0.1) is 0 Å². The third kappa shape index (κ3) is 5.15. The Morgan fingerprint density at radius 3 is 2.41 bits per heavy atom. The van der Waals surface area contributed by atoms with E-state index in [0.29, 0.717) is 0 Å². The van der Waals surface area contributed by atoms with Gasteiger partial charge in [-0.05, 0) is 81.5 Å². The van der Waals surface area contributed by atoms with E-state index < -0.39 is 11.1 Å². The van der Waals surface area contributed by atoms with E-state index in [2.05, 4.69) is 82.0 Å². The number of nitrogens with one attached hydrogen (secondary N) is 2. The van der Waals surface area contributed by atoms with Gasteiger partial charge in [-0.3, -0.25) is 4.57 Å². The van der Waals surface area contributed by atoms with E-state index in [9.17, 15) is 4.79 Å². The molecule has 1 aliphatic carbocycles. The monoisotopic (exact) mass is 581 g/mol. The van der Waals surface area contributed by atoms with Crippen molar-refractivity contribution >= 4 is 29.8 Å². The Bertz CT molecular complexity index is 1860. The van der Waals surface area contributed by atoms with Gasteiger partial charge < -0.3 is 15.4 Å². The second-order valence-electron chi connectivity index (χ2n) is 12.4. The number of pyridine rings is 1. The highest BCUT2D eigenvalue weighted by Gasteiger charge is 2.41. The molecule has 0 radical (unpaired) electrons. The van der Waals surface area contributed by atoms with E-state index in [-0.39, 0.29) is 6.09 Å². The highest BCUT2D eigenvalue weighted by Crippen LogP contribution is 2.44. The van der Waals surface area contributed by atoms with Crippen molar-refractivity contribution in [2.45, 2.75) is 51.2 Å². The molecule has 1 saturated carbocycles. The molecule has 220 valence electrons. The number of nitrogens with zero attached hydrogens (tertiary/aromatic N) is 3. The van der Waals surface area contributed by atoms with Crippen molar-refractivity contribution in [3.05, 3.63) is 114 Å². The first-order valence-electron chi connectivity index (χ1n) is 15.1. The van der Waals surface area contributed by atoms with E-state index in [1.54, 1.807) is 6.20 Å². The maximum absolute atomic E-state index is 12.8. The molecule has 0 atom stereocenters. The van der Waals surface area contributed by atoms with Gasteiger partial charge in [0.25, 0.3) is 0 Å². The van der Waals surface area contributed by atoms with E-state index in [1.165, 1.54) is 0 Å². The van der Waals surface area contributed by atoms with Crippen LogP contribution in [0.15, 0.2) is 97.2 Å². The number of anilines is 2. The smallest absolute Gasteiger partial charge is 0.408 e. The highest BCUT2D eigenvalue weighted by atomic mass is 16.6. The van der Waals surface area contributed by atoms with Crippen LogP contribution in [0.25, 0.3) is 40.5 Å². The van der Waals surface area contributed by atoms with Crippen LogP contribution < -0.4 is 10.6 Å². The maximum atomic E-state index is 12.8. The number of imidazole rings is 1. The lowest BCUT2D eigenvalue weighted by Crippen LogP contribution is -2.52. The molecule has 1 aliphatic heterocycles. The standard InChI is InChI=1S/C37H35N5O2/c1-36(2,3)44-35(43)41-37(22-10-23-37)27-19-17-26(18-20-27)32-30(21-16-25-11-5-4-6-12-25)40-34-28-13-7-8-14-29(28)39-33-31(42(32)34)15-9-24-38-33/h4-9,11-21,24H,10,22-23H2,1-3H3,(H,38,39)(H,41,43). The minimum atomic E-state index is -0.555. The number of amides is 1. The molecule has 7 nitrogen and oxygen atoms in total. The lowest BCUT2D eigenvalue weighted by Gasteiger charge is -2.43. The summed E-state index contributed by atoms with van der Waals surface area (Å²) in [5, 5.41) is 6.71. The van der Waals surface area contributed by atoms with Gasteiger partial charge >= 0.3 is 6.09 Å². The molecule has 2 aromatic heterocycles. The maximum Gasteiger partial charge on any atom is 0.408 e. The van der Waals surface area contributed by atoms with Crippen molar-refractivity contribution in [3.63, 3.8) is 0 Å². The van der Waals surface area contributed by atoms with Crippen LogP contribution in [0.4, 0.5) is 16.3 Å². The number of rotatable bonds is 5. The van der Waals surface area contributed by atoms with Crippen LogP contribution in [0.3, 0.4) is 0 Å². The topological polar surface area (TPSA) is 81.1 Å². The predicted molar refractivity (Wildman–Crippen MR) is 176 cm³/mol. The molecule has 2 aliphatic rings. The van der Waals surface area contributed by atoms with Gasteiger partial charge in [0.05, 0.1) is 28.3 Å². The molecule has 0 bridgehead atoms. The third-order valence-electron chi connectivity index (χ3n) is 8.24. The number of benzene rings is 3. The Morgan fingerprint density at radius 1 is 0.932 bits per heavy atom. The Hall–Kier alpha value is -5.17.